The molecule has 15 heavy (non-hydrogen) atoms. The van der Waals surface area contributed by atoms with Gasteiger partial charge in [0.05, 0.1) is 6.54 Å². The maximum Gasteiger partial charge on any atom is 0.401 e. The third-order valence-corrected chi connectivity index (χ3v) is 2.47. The molecule has 1 atom stereocenters. The van der Waals surface area contributed by atoms with Gasteiger partial charge in [-0.1, -0.05) is 15.9 Å². The highest BCUT2D eigenvalue weighted by atomic mass is 79.9. The van der Waals surface area contributed by atoms with E-state index in [9.17, 15) is 13.2 Å². The van der Waals surface area contributed by atoms with Crippen molar-refractivity contribution in [3.05, 3.63) is 0 Å². The van der Waals surface area contributed by atoms with E-state index < -0.39 is 12.7 Å². The van der Waals surface area contributed by atoms with Gasteiger partial charge in [0.25, 0.3) is 0 Å². The van der Waals surface area contributed by atoms with Gasteiger partial charge in [0, 0.05) is 31.6 Å². The Hall–Kier alpha value is 0.190. The second-order valence-electron chi connectivity index (χ2n) is 3.41. The minimum atomic E-state index is -4.14. The van der Waals surface area contributed by atoms with Crippen LogP contribution in [0.1, 0.15) is 13.3 Å². The molecule has 0 saturated heterocycles. The van der Waals surface area contributed by atoms with Gasteiger partial charge in [-0.2, -0.15) is 13.2 Å². The lowest BCUT2D eigenvalue weighted by Gasteiger charge is -2.29. The van der Waals surface area contributed by atoms with Gasteiger partial charge in [-0.3, -0.25) is 4.90 Å². The second kappa shape index (κ2) is 7.46. The first-order valence-corrected chi connectivity index (χ1v) is 5.88. The molecule has 6 heteroatoms. The van der Waals surface area contributed by atoms with E-state index in [1.54, 1.807) is 14.0 Å². The summed E-state index contributed by atoms with van der Waals surface area (Å²) in [5.74, 6) is 0. The molecule has 0 aromatic heterocycles. The van der Waals surface area contributed by atoms with Crippen molar-refractivity contribution in [2.24, 2.45) is 0 Å². The Labute approximate surface area is 96.9 Å². The van der Waals surface area contributed by atoms with Crippen molar-refractivity contribution in [2.45, 2.75) is 25.6 Å². The molecular formula is C9H17BrF3NO. The molecule has 0 radical (unpaired) electrons. The van der Waals surface area contributed by atoms with Crippen molar-refractivity contribution >= 4 is 15.9 Å². The molecule has 0 aromatic carbocycles. The molecule has 2 nitrogen and oxygen atoms in total. The Morgan fingerprint density at radius 3 is 2.40 bits per heavy atom. The third kappa shape index (κ3) is 8.04. The summed E-state index contributed by atoms with van der Waals surface area (Å²) in [6, 6.07) is -0.121. The molecule has 0 rings (SSSR count). The summed E-state index contributed by atoms with van der Waals surface area (Å²) < 4.78 is 41.5. The Morgan fingerprint density at radius 1 is 1.40 bits per heavy atom. The minimum Gasteiger partial charge on any atom is -0.385 e. The molecule has 0 aliphatic rings. The van der Waals surface area contributed by atoms with Crippen LogP contribution in [0.25, 0.3) is 0 Å². The van der Waals surface area contributed by atoms with Crippen molar-refractivity contribution < 1.29 is 17.9 Å². The molecule has 0 aliphatic heterocycles. The fraction of sp³-hybridized carbons (Fsp3) is 1.00. The van der Waals surface area contributed by atoms with Gasteiger partial charge in [0.15, 0.2) is 0 Å². The Morgan fingerprint density at radius 2 is 2.00 bits per heavy atom. The van der Waals surface area contributed by atoms with Crippen LogP contribution in [0.3, 0.4) is 0 Å². The first-order chi connectivity index (χ1) is 6.90. The lowest BCUT2D eigenvalue weighted by molar-refractivity contribution is -0.150. The smallest absolute Gasteiger partial charge is 0.385 e. The highest BCUT2D eigenvalue weighted by Gasteiger charge is 2.32. The fourth-order valence-corrected chi connectivity index (χ4v) is 1.72. The van der Waals surface area contributed by atoms with Crippen molar-refractivity contribution in [2.75, 3.05) is 32.1 Å². The number of rotatable bonds is 7. The molecule has 0 fully saturated rings. The van der Waals surface area contributed by atoms with Gasteiger partial charge in [0.2, 0.25) is 0 Å². The van der Waals surface area contributed by atoms with E-state index in [1.165, 1.54) is 4.90 Å². The van der Waals surface area contributed by atoms with Crippen molar-refractivity contribution in [1.29, 1.82) is 0 Å². The molecule has 0 aliphatic carbocycles. The predicted octanol–water partition coefficient (Wildman–Crippen LogP) is 2.67. The third-order valence-electron chi connectivity index (χ3n) is 2.12. The number of alkyl halides is 4. The standard InChI is InChI=1S/C9H17BrF3NO/c1-8(3-6-15-2)14(5-4-10)7-9(11,12)13/h8H,3-7H2,1-2H3. The number of hydrogen-bond acceptors (Lipinski definition) is 2. The van der Waals surface area contributed by atoms with Gasteiger partial charge >= 0.3 is 6.18 Å². The monoisotopic (exact) mass is 291 g/mol. The number of methoxy groups -OCH3 is 1. The molecule has 0 N–H and O–H groups in total. The van der Waals surface area contributed by atoms with Gasteiger partial charge in [-0.25, -0.2) is 0 Å². The van der Waals surface area contributed by atoms with Crippen LogP contribution in [0.2, 0.25) is 0 Å². The van der Waals surface area contributed by atoms with Crippen LogP contribution >= 0.6 is 15.9 Å². The SMILES string of the molecule is COCCC(C)N(CCBr)CC(F)(F)F. The Balaban J connectivity index is 4.12. The average Bonchev–Trinajstić information content (AvgIpc) is 2.11. The molecule has 0 saturated carbocycles. The van der Waals surface area contributed by atoms with Crippen molar-refractivity contribution in [1.82, 2.24) is 4.90 Å². The summed E-state index contributed by atoms with van der Waals surface area (Å²) in [6.45, 7) is 1.80. The maximum absolute atomic E-state index is 12.2. The van der Waals surface area contributed by atoms with Crippen LogP contribution in [0.5, 0.6) is 0 Å². The number of hydrogen-bond donors (Lipinski definition) is 0. The highest BCUT2D eigenvalue weighted by molar-refractivity contribution is 9.09. The molecule has 0 amide bonds. The molecule has 0 bridgehead atoms. The zero-order valence-corrected chi connectivity index (χ0v) is 10.6. The number of halogens is 4. The van der Waals surface area contributed by atoms with Crippen molar-refractivity contribution in [3.8, 4) is 0 Å². The van der Waals surface area contributed by atoms with Gasteiger partial charge in [-0.05, 0) is 13.3 Å². The molecule has 0 heterocycles. The van der Waals surface area contributed by atoms with Gasteiger partial charge in [-0.15, -0.1) is 0 Å². The van der Waals surface area contributed by atoms with Crippen LogP contribution in [0, 0.1) is 0 Å². The summed E-state index contributed by atoms with van der Waals surface area (Å²) in [7, 11) is 1.55. The zero-order chi connectivity index (χ0) is 11.9. The summed E-state index contributed by atoms with van der Waals surface area (Å²) in [6.07, 6.45) is -3.52. The minimum absolute atomic E-state index is 0.121. The highest BCUT2D eigenvalue weighted by Crippen LogP contribution is 2.19. The molecule has 0 spiro atoms. The first-order valence-electron chi connectivity index (χ1n) is 4.76. The quantitative estimate of drug-likeness (QED) is 0.669. The second-order valence-corrected chi connectivity index (χ2v) is 4.20. The fourth-order valence-electron chi connectivity index (χ4n) is 1.27. The van der Waals surface area contributed by atoms with Crippen LogP contribution in [0.4, 0.5) is 13.2 Å². The van der Waals surface area contributed by atoms with Crippen molar-refractivity contribution in [3.63, 3.8) is 0 Å². The van der Waals surface area contributed by atoms with Gasteiger partial charge in [0.1, 0.15) is 0 Å². The van der Waals surface area contributed by atoms with E-state index in [4.69, 9.17) is 4.74 Å². The molecule has 0 aromatic rings. The number of ether oxygens (including phenoxy) is 1. The van der Waals surface area contributed by atoms with Crippen LogP contribution in [-0.2, 0) is 4.74 Å². The average molecular weight is 292 g/mol. The molecule has 1 unspecified atom stereocenters. The van der Waals surface area contributed by atoms with E-state index in [0.717, 1.165) is 0 Å². The maximum atomic E-state index is 12.2. The zero-order valence-electron chi connectivity index (χ0n) is 8.98. The lowest BCUT2D eigenvalue weighted by Crippen LogP contribution is -2.41. The first kappa shape index (κ1) is 15.2. The topological polar surface area (TPSA) is 12.5 Å². The lowest BCUT2D eigenvalue weighted by atomic mass is 10.2. The molecule has 92 valence electrons. The van der Waals surface area contributed by atoms with E-state index in [0.29, 0.717) is 24.9 Å². The summed E-state index contributed by atoms with van der Waals surface area (Å²) in [5, 5.41) is 0.542. The normalized spacial score (nSPS) is 14.6. The van der Waals surface area contributed by atoms with Crippen LogP contribution < -0.4 is 0 Å². The van der Waals surface area contributed by atoms with Crippen LogP contribution in [-0.4, -0.2) is 49.3 Å². The summed E-state index contributed by atoms with van der Waals surface area (Å²) >= 11 is 3.15. The number of nitrogens with zero attached hydrogens (tertiary/aromatic N) is 1. The van der Waals surface area contributed by atoms with E-state index >= 15 is 0 Å². The van der Waals surface area contributed by atoms with Gasteiger partial charge < -0.3 is 4.74 Å². The largest absolute Gasteiger partial charge is 0.401 e. The van der Waals surface area contributed by atoms with E-state index in [1.807, 2.05) is 0 Å². The van der Waals surface area contributed by atoms with E-state index in [2.05, 4.69) is 15.9 Å². The summed E-state index contributed by atoms with van der Waals surface area (Å²) in [4.78, 5) is 1.41. The molecular weight excluding hydrogens is 275 g/mol. The summed E-state index contributed by atoms with van der Waals surface area (Å²) in [5.41, 5.74) is 0. The Kier molecular flexibility index (Phi) is 7.56. The van der Waals surface area contributed by atoms with E-state index in [-0.39, 0.29) is 6.04 Å². The Bertz CT molecular complexity index is 166. The van der Waals surface area contributed by atoms with Crippen LogP contribution in [0.15, 0.2) is 0 Å². The predicted molar refractivity (Wildman–Crippen MR) is 57.4 cm³/mol.